The minimum Gasteiger partial charge on any atom is -0.490 e. The van der Waals surface area contributed by atoms with Gasteiger partial charge in [-0.3, -0.25) is 4.79 Å². The average Bonchev–Trinajstić information content (AvgIpc) is 2.73. The molecule has 3 rings (SSSR count). The van der Waals surface area contributed by atoms with E-state index >= 15 is 0 Å². The van der Waals surface area contributed by atoms with E-state index < -0.39 is 5.97 Å². The maximum Gasteiger partial charge on any atom is 0.303 e. The molecule has 1 aliphatic carbocycles. The molecule has 2 fully saturated rings. The third kappa shape index (κ3) is 6.51. The second kappa shape index (κ2) is 10.8. The molecule has 0 radical (unpaired) electrons. The molecule has 1 N–H and O–H groups in total. The number of rotatable bonds is 9. The molecule has 2 aliphatic rings. The van der Waals surface area contributed by atoms with Crippen molar-refractivity contribution in [2.24, 2.45) is 5.92 Å². The Labute approximate surface area is 170 Å². The van der Waals surface area contributed by atoms with Crippen LogP contribution in [-0.2, 0) is 4.79 Å². The van der Waals surface area contributed by atoms with Crippen molar-refractivity contribution in [1.29, 1.82) is 0 Å². The first kappa shape index (κ1) is 21.2. The second-order valence-corrected chi connectivity index (χ2v) is 8.70. The van der Waals surface area contributed by atoms with Crippen molar-refractivity contribution >= 4 is 5.97 Å². The Hall–Kier alpha value is -1.55. The van der Waals surface area contributed by atoms with Gasteiger partial charge in [0, 0.05) is 6.42 Å². The number of unbranched alkanes of at least 4 members (excludes halogenated alkanes) is 1. The van der Waals surface area contributed by atoms with Crippen LogP contribution in [0.25, 0.3) is 0 Å². The summed E-state index contributed by atoms with van der Waals surface area (Å²) in [6.45, 7) is 5.58. The van der Waals surface area contributed by atoms with Crippen molar-refractivity contribution in [3.8, 4) is 5.75 Å². The summed E-state index contributed by atoms with van der Waals surface area (Å²) in [5, 5.41) is 8.72. The molecule has 4 heteroatoms. The van der Waals surface area contributed by atoms with Crippen LogP contribution in [0.4, 0.5) is 0 Å². The zero-order chi connectivity index (χ0) is 19.8. The van der Waals surface area contributed by atoms with Crippen LogP contribution in [0.3, 0.4) is 0 Å². The van der Waals surface area contributed by atoms with E-state index in [4.69, 9.17) is 9.84 Å². The van der Waals surface area contributed by atoms with E-state index in [1.165, 1.54) is 50.5 Å². The molecule has 0 unspecified atom stereocenters. The third-order valence-corrected chi connectivity index (χ3v) is 6.73. The van der Waals surface area contributed by atoms with Gasteiger partial charge in [0.25, 0.3) is 0 Å². The minimum absolute atomic E-state index is 0.297. The Morgan fingerprint density at radius 1 is 1.04 bits per heavy atom. The average molecular weight is 388 g/mol. The number of carboxylic acid groups (broad SMARTS) is 1. The molecule has 0 atom stereocenters. The molecule has 1 heterocycles. The molecule has 1 aliphatic heterocycles. The lowest BCUT2D eigenvalue weighted by Gasteiger charge is -2.32. The van der Waals surface area contributed by atoms with Crippen molar-refractivity contribution in [2.75, 3.05) is 19.6 Å². The topological polar surface area (TPSA) is 49.8 Å². The lowest BCUT2D eigenvalue weighted by molar-refractivity contribution is -0.137. The summed E-state index contributed by atoms with van der Waals surface area (Å²) in [6.07, 6.45) is 11.2. The molecule has 28 heavy (non-hydrogen) atoms. The van der Waals surface area contributed by atoms with Gasteiger partial charge in [0.15, 0.2) is 0 Å². The third-order valence-electron chi connectivity index (χ3n) is 6.73. The number of carbonyl (C=O) groups is 1. The number of hydrogen-bond acceptors (Lipinski definition) is 3. The van der Waals surface area contributed by atoms with Gasteiger partial charge in [-0.1, -0.05) is 25.5 Å². The van der Waals surface area contributed by atoms with Crippen LogP contribution >= 0.6 is 0 Å². The van der Waals surface area contributed by atoms with Gasteiger partial charge in [0.2, 0.25) is 0 Å². The van der Waals surface area contributed by atoms with Crippen LogP contribution in [0.2, 0.25) is 0 Å². The number of likely N-dealkylation sites (tertiary alicyclic amines) is 1. The lowest BCUT2D eigenvalue weighted by Crippen LogP contribution is -2.33. The maximum atomic E-state index is 10.6. The zero-order valence-electron chi connectivity index (χ0n) is 17.4. The smallest absolute Gasteiger partial charge is 0.303 e. The van der Waals surface area contributed by atoms with Gasteiger partial charge in [-0.05, 0) is 101 Å². The molecule has 1 aromatic rings. The lowest BCUT2D eigenvalue weighted by atomic mass is 9.86. The first-order valence-electron chi connectivity index (χ1n) is 11.3. The summed E-state index contributed by atoms with van der Waals surface area (Å²) in [5.41, 5.74) is 1.44. The molecule has 156 valence electrons. The fourth-order valence-corrected chi connectivity index (χ4v) is 4.77. The summed E-state index contributed by atoms with van der Waals surface area (Å²) in [5.74, 6) is 1.90. The Morgan fingerprint density at radius 2 is 1.71 bits per heavy atom. The Morgan fingerprint density at radius 3 is 2.32 bits per heavy atom. The van der Waals surface area contributed by atoms with Crippen molar-refractivity contribution in [3.05, 3.63) is 29.8 Å². The van der Waals surface area contributed by atoms with Crippen LogP contribution < -0.4 is 4.74 Å². The molecule has 0 aromatic heterocycles. The number of piperidine rings is 1. The van der Waals surface area contributed by atoms with E-state index in [0.29, 0.717) is 18.4 Å². The highest BCUT2D eigenvalue weighted by Gasteiger charge is 2.22. The second-order valence-electron chi connectivity index (χ2n) is 8.70. The maximum absolute atomic E-state index is 10.6. The number of benzene rings is 1. The van der Waals surface area contributed by atoms with Gasteiger partial charge in [-0.15, -0.1) is 0 Å². The first-order chi connectivity index (χ1) is 13.6. The molecule has 0 spiro atoms. The van der Waals surface area contributed by atoms with Crippen molar-refractivity contribution in [1.82, 2.24) is 4.90 Å². The van der Waals surface area contributed by atoms with Gasteiger partial charge in [-0.2, -0.15) is 0 Å². The number of carboxylic acids is 1. The van der Waals surface area contributed by atoms with Crippen LogP contribution in [0, 0.1) is 5.92 Å². The molecule has 1 saturated heterocycles. The van der Waals surface area contributed by atoms with E-state index in [0.717, 1.165) is 44.1 Å². The van der Waals surface area contributed by atoms with Crippen molar-refractivity contribution in [3.63, 3.8) is 0 Å². The van der Waals surface area contributed by atoms with Crippen LogP contribution in [0.5, 0.6) is 5.75 Å². The predicted octanol–water partition coefficient (Wildman–Crippen LogP) is 5.47. The van der Waals surface area contributed by atoms with Gasteiger partial charge in [0.1, 0.15) is 5.75 Å². The van der Waals surface area contributed by atoms with Crippen LogP contribution in [0.1, 0.15) is 82.6 Å². The monoisotopic (exact) mass is 387 g/mol. The van der Waals surface area contributed by atoms with Crippen molar-refractivity contribution < 1.29 is 14.6 Å². The van der Waals surface area contributed by atoms with E-state index in [1.54, 1.807) is 0 Å². The highest BCUT2D eigenvalue weighted by molar-refractivity contribution is 5.66. The van der Waals surface area contributed by atoms with E-state index in [2.05, 4.69) is 36.1 Å². The normalized spacial score (nSPS) is 24.2. The van der Waals surface area contributed by atoms with Gasteiger partial charge < -0.3 is 14.7 Å². The highest BCUT2D eigenvalue weighted by atomic mass is 16.5. The standard InChI is InChI=1S/C24H37NO3/c1-2-19-6-10-22(11-7-19)28-23-12-8-20(9-13-23)21-14-17-25(18-15-21)16-4-3-5-24(26)27/h8-9,12-13,19,21-22H,2-7,10-11,14-18H2,1H3,(H,26,27)/t19-,22+. The summed E-state index contributed by atoms with van der Waals surface area (Å²) in [6, 6.07) is 8.86. The molecule has 4 nitrogen and oxygen atoms in total. The minimum atomic E-state index is -0.681. The summed E-state index contributed by atoms with van der Waals surface area (Å²) >= 11 is 0. The van der Waals surface area contributed by atoms with Crippen LogP contribution in [-0.4, -0.2) is 41.7 Å². The SMILES string of the molecule is CC[C@H]1CC[C@@H](Oc2ccc(C3CCN(CCCCC(=O)O)CC3)cc2)CC1. The largest absolute Gasteiger partial charge is 0.490 e. The van der Waals surface area contributed by atoms with E-state index in [-0.39, 0.29) is 0 Å². The van der Waals surface area contributed by atoms with Crippen LogP contribution in [0.15, 0.2) is 24.3 Å². The number of aliphatic carboxylic acids is 1. The van der Waals surface area contributed by atoms with Crippen molar-refractivity contribution in [2.45, 2.75) is 83.2 Å². The quantitative estimate of drug-likeness (QED) is 0.571. The predicted molar refractivity (Wildman–Crippen MR) is 113 cm³/mol. The number of ether oxygens (including phenoxy) is 1. The molecule has 0 amide bonds. The summed E-state index contributed by atoms with van der Waals surface area (Å²) in [4.78, 5) is 13.1. The van der Waals surface area contributed by atoms with Gasteiger partial charge in [0.05, 0.1) is 6.10 Å². The Bertz CT molecular complexity index is 584. The van der Waals surface area contributed by atoms with E-state index in [9.17, 15) is 4.79 Å². The fourth-order valence-electron chi connectivity index (χ4n) is 4.77. The molecular formula is C24H37NO3. The molecular weight excluding hydrogens is 350 g/mol. The first-order valence-corrected chi connectivity index (χ1v) is 11.3. The highest BCUT2D eigenvalue weighted by Crippen LogP contribution is 2.32. The molecule has 1 aromatic carbocycles. The number of hydrogen-bond donors (Lipinski definition) is 1. The van der Waals surface area contributed by atoms with Gasteiger partial charge in [-0.25, -0.2) is 0 Å². The molecule has 0 bridgehead atoms. The summed E-state index contributed by atoms with van der Waals surface area (Å²) < 4.78 is 6.23. The Kier molecular flexibility index (Phi) is 8.20. The summed E-state index contributed by atoms with van der Waals surface area (Å²) in [7, 11) is 0. The molecule has 1 saturated carbocycles. The zero-order valence-corrected chi connectivity index (χ0v) is 17.4. The van der Waals surface area contributed by atoms with E-state index in [1.807, 2.05) is 0 Å². The fraction of sp³-hybridized carbons (Fsp3) is 0.708. The van der Waals surface area contributed by atoms with Gasteiger partial charge >= 0.3 is 5.97 Å². The Balaban J connectivity index is 1.38. The number of nitrogens with zero attached hydrogens (tertiary/aromatic N) is 1.